The molecule has 0 fully saturated rings. The van der Waals surface area contributed by atoms with Gasteiger partial charge >= 0.3 is 0 Å². The Kier molecular flexibility index (Phi) is 22.1. The van der Waals surface area contributed by atoms with Gasteiger partial charge in [0.05, 0.1) is 25.9 Å². The average Bonchev–Trinajstić information content (AvgIpc) is 2.86. The van der Waals surface area contributed by atoms with E-state index >= 15 is 0 Å². The number of benzene rings is 1. The summed E-state index contributed by atoms with van der Waals surface area (Å²) in [6, 6.07) is 11.2. The zero-order valence-corrected chi connectivity index (χ0v) is 25.3. The zero-order chi connectivity index (χ0) is 24.6. The molecule has 1 unspecified atom stereocenters. The van der Waals surface area contributed by atoms with Crippen molar-refractivity contribution in [1.82, 2.24) is 4.86 Å². The summed E-state index contributed by atoms with van der Waals surface area (Å²) in [7, 11) is -0.141. The fourth-order valence-electron chi connectivity index (χ4n) is 4.99. The first-order valence-electron chi connectivity index (χ1n) is 15.2. The van der Waals surface area contributed by atoms with E-state index in [1.165, 1.54) is 146 Å². The molecule has 1 aromatic carbocycles. The molecular formula is C31H60NP2+. The predicted octanol–water partition coefficient (Wildman–Crippen LogP) is 11.4. The number of rotatable bonds is 25. The van der Waals surface area contributed by atoms with Gasteiger partial charge < -0.3 is 0 Å². The molecule has 198 valence electrons. The van der Waals surface area contributed by atoms with Crippen molar-refractivity contribution in [2.24, 2.45) is 0 Å². The maximum absolute atomic E-state index is 4.33. The molecule has 0 aliphatic rings. The molecule has 0 saturated carbocycles. The number of hydrogen-bond donors (Lipinski definition) is 1. The van der Waals surface area contributed by atoms with E-state index < -0.39 is 7.41 Å². The van der Waals surface area contributed by atoms with Gasteiger partial charge in [0, 0.05) is 6.16 Å². The van der Waals surface area contributed by atoms with Crippen LogP contribution in [0, 0.1) is 0 Å². The van der Waals surface area contributed by atoms with Gasteiger partial charge in [0.2, 0.25) is 0 Å². The third kappa shape index (κ3) is 17.5. The minimum absolute atomic E-state index is 0.897. The summed E-state index contributed by atoms with van der Waals surface area (Å²) in [6.07, 6.45) is 31.5. The monoisotopic (exact) mass is 508 g/mol. The molecule has 3 heteroatoms. The van der Waals surface area contributed by atoms with Crippen LogP contribution in [0.1, 0.15) is 142 Å². The van der Waals surface area contributed by atoms with Crippen LogP contribution in [0.5, 0.6) is 0 Å². The Hall–Kier alpha value is 0.0400. The second-order valence-corrected chi connectivity index (χ2v) is 15.8. The quantitative estimate of drug-likeness (QED) is 0.102. The molecule has 0 heterocycles. The Morgan fingerprint density at radius 1 is 0.529 bits per heavy atom. The molecule has 0 spiro atoms. The maximum Gasteiger partial charge on any atom is 0.0838 e. The van der Waals surface area contributed by atoms with Crippen molar-refractivity contribution in [2.45, 2.75) is 143 Å². The summed E-state index contributed by atoms with van der Waals surface area (Å²) in [6.45, 7) is 6.99. The van der Waals surface area contributed by atoms with Gasteiger partial charge in [0.15, 0.2) is 0 Å². The fraction of sp³-hybridized carbons (Fsp3) is 0.806. The molecule has 0 bridgehead atoms. The minimum atomic E-state index is -1.04. The minimum Gasteiger partial charge on any atom is -0.175 e. The lowest BCUT2D eigenvalue weighted by Gasteiger charge is -2.29. The van der Waals surface area contributed by atoms with Crippen molar-refractivity contribution in [3.63, 3.8) is 0 Å². The standard InChI is InChI=1S/C31H60NP2/c1-4-7-10-13-16-22-27-34(28-23-17-14-11-8-5-2,29-24-18-15-12-9-6-3)32-33-30-31-25-20-19-21-26-31/h19-21,25-26,32-33H,4-18,22-24,27-30H2,1-3H3/q+1. The summed E-state index contributed by atoms with van der Waals surface area (Å²) in [4.78, 5) is 4.33. The molecule has 1 atom stereocenters. The van der Waals surface area contributed by atoms with Gasteiger partial charge in [-0.05, 0) is 52.8 Å². The molecular weight excluding hydrogens is 448 g/mol. The van der Waals surface area contributed by atoms with Crippen molar-refractivity contribution in [2.75, 3.05) is 18.5 Å². The van der Waals surface area contributed by atoms with E-state index in [1.54, 1.807) is 0 Å². The van der Waals surface area contributed by atoms with E-state index in [1.807, 2.05) is 0 Å². The molecule has 0 saturated heterocycles. The van der Waals surface area contributed by atoms with E-state index in [0.717, 1.165) is 8.73 Å². The van der Waals surface area contributed by atoms with Crippen LogP contribution in [-0.4, -0.2) is 18.5 Å². The predicted molar refractivity (Wildman–Crippen MR) is 163 cm³/mol. The van der Waals surface area contributed by atoms with E-state index in [9.17, 15) is 0 Å². The van der Waals surface area contributed by atoms with E-state index in [0.29, 0.717) is 0 Å². The van der Waals surface area contributed by atoms with Crippen LogP contribution in [0.2, 0.25) is 0 Å². The molecule has 34 heavy (non-hydrogen) atoms. The van der Waals surface area contributed by atoms with Crippen molar-refractivity contribution in [3.05, 3.63) is 35.9 Å². The van der Waals surface area contributed by atoms with Crippen molar-refractivity contribution in [1.29, 1.82) is 0 Å². The third-order valence-electron chi connectivity index (χ3n) is 7.27. The molecule has 0 amide bonds. The first-order chi connectivity index (χ1) is 16.8. The van der Waals surface area contributed by atoms with Crippen molar-refractivity contribution < 1.29 is 0 Å². The van der Waals surface area contributed by atoms with Crippen LogP contribution >= 0.6 is 16.1 Å². The summed E-state index contributed by atoms with van der Waals surface area (Å²) >= 11 is 0. The van der Waals surface area contributed by atoms with E-state index in [2.05, 4.69) is 56.0 Å². The van der Waals surface area contributed by atoms with Crippen LogP contribution in [0.3, 0.4) is 0 Å². The highest BCUT2D eigenvalue weighted by atomic mass is 31.2. The third-order valence-corrected chi connectivity index (χ3v) is 13.9. The second-order valence-electron chi connectivity index (χ2n) is 10.6. The average molecular weight is 509 g/mol. The first-order valence-corrected chi connectivity index (χ1v) is 18.7. The summed E-state index contributed by atoms with van der Waals surface area (Å²) < 4.78 is 0. The number of nitrogens with one attached hydrogen (secondary N) is 1. The van der Waals surface area contributed by atoms with Crippen LogP contribution in [0.4, 0.5) is 0 Å². The SMILES string of the molecule is CCCCCCCC[P+](CCCCCCCC)(CCCCCCCC)NPCc1ccccc1. The lowest BCUT2D eigenvalue weighted by Crippen LogP contribution is -2.19. The zero-order valence-electron chi connectivity index (χ0n) is 23.4. The van der Waals surface area contributed by atoms with Gasteiger partial charge in [-0.3, -0.25) is 0 Å². The summed E-state index contributed by atoms with van der Waals surface area (Å²) in [5, 5.41) is 0. The Balaban J connectivity index is 2.66. The van der Waals surface area contributed by atoms with Gasteiger partial charge in [-0.15, -0.1) is 0 Å². The summed E-state index contributed by atoms with van der Waals surface area (Å²) in [5.74, 6) is 0. The van der Waals surface area contributed by atoms with Crippen molar-refractivity contribution >= 4 is 16.1 Å². The summed E-state index contributed by atoms with van der Waals surface area (Å²) in [5.41, 5.74) is 1.50. The molecule has 0 aliphatic carbocycles. The Morgan fingerprint density at radius 3 is 1.32 bits per heavy atom. The molecule has 1 nitrogen and oxygen atoms in total. The van der Waals surface area contributed by atoms with E-state index in [4.69, 9.17) is 0 Å². The Morgan fingerprint density at radius 2 is 0.912 bits per heavy atom. The van der Waals surface area contributed by atoms with Crippen molar-refractivity contribution in [3.8, 4) is 0 Å². The molecule has 0 radical (unpaired) electrons. The lowest BCUT2D eigenvalue weighted by molar-refractivity contribution is 0.615. The molecule has 1 rings (SSSR count). The van der Waals surface area contributed by atoms with Crippen LogP contribution in [-0.2, 0) is 6.16 Å². The maximum atomic E-state index is 4.33. The van der Waals surface area contributed by atoms with Gasteiger partial charge in [0.25, 0.3) is 0 Å². The van der Waals surface area contributed by atoms with E-state index in [-0.39, 0.29) is 0 Å². The smallest absolute Gasteiger partial charge is 0.0838 e. The van der Waals surface area contributed by atoms with Gasteiger partial charge in [0.1, 0.15) is 0 Å². The highest BCUT2D eigenvalue weighted by molar-refractivity contribution is 7.79. The topological polar surface area (TPSA) is 12.0 Å². The molecule has 0 aromatic heterocycles. The highest BCUT2D eigenvalue weighted by Crippen LogP contribution is 2.59. The number of hydrogen-bond acceptors (Lipinski definition) is 1. The van der Waals surface area contributed by atoms with Crippen LogP contribution in [0.15, 0.2) is 30.3 Å². The Bertz CT molecular complexity index is 493. The normalized spacial score (nSPS) is 12.2. The first kappa shape index (κ1) is 32.1. The fourth-order valence-corrected chi connectivity index (χ4v) is 11.6. The molecule has 1 N–H and O–H groups in total. The lowest BCUT2D eigenvalue weighted by atomic mass is 10.1. The molecule has 1 aromatic rings. The second kappa shape index (κ2) is 23.4. The van der Waals surface area contributed by atoms with Crippen LogP contribution < -0.4 is 4.86 Å². The highest BCUT2D eigenvalue weighted by Gasteiger charge is 2.35. The molecule has 0 aliphatic heterocycles. The van der Waals surface area contributed by atoms with Gasteiger partial charge in [-0.1, -0.05) is 128 Å². The van der Waals surface area contributed by atoms with Crippen LogP contribution in [0.25, 0.3) is 0 Å². The van der Waals surface area contributed by atoms with Gasteiger partial charge in [-0.2, -0.15) is 4.86 Å². The largest absolute Gasteiger partial charge is 0.175 e. The van der Waals surface area contributed by atoms with Gasteiger partial charge in [-0.25, -0.2) is 0 Å². The Labute approximate surface area is 217 Å². The number of unbranched alkanes of at least 4 members (excludes halogenated alkanes) is 15.